The number of carbonyl (C=O) groups is 1. The molecular formula is C12H25NO2S. The minimum atomic E-state index is -0.731. The predicted molar refractivity (Wildman–Crippen MR) is 70.8 cm³/mol. The largest absolute Gasteiger partial charge is 0.458 e. The van der Waals surface area contributed by atoms with E-state index < -0.39 is 4.75 Å². The second-order valence-electron chi connectivity index (χ2n) is 4.71. The second-order valence-corrected chi connectivity index (χ2v) is 5.70. The van der Waals surface area contributed by atoms with Gasteiger partial charge in [0.2, 0.25) is 0 Å². The van der Waals surface area contributed by atoms with Crippen molar-refractivity contribution in [3.8, 4) is 0 Å². The van der Waals surface area contributed by atoms with E-state index in [1.165, 1.54) is 0 Å². The van der Waals surface area contributed by atoms with Gasteiger partial charge < -0.3 is 10.5 Å². The maximum atomic E-state index is 12.0. The van der Waals surface area contributed by atoms with Crippen molar-refractivity contribution in [2.24, 2.45) is 5.73 Å². The molecule has 0 aromatic heterocycles. The zero-order valence-electron chi connectivity index (χ0n) is 10.9. The third-order valence-electron chi connectivity index (χ3n) is 3.14. The molecule has 0 aromatic carbocycles. The smallest absolute Gasteiger partial charge is 0.322 e. The number of hydrogen-bond acceptors (Lipinski definition) is 4. The Kier molecular flexibility index (Phi) is 6.41. The number of esters is 1. The lowest BCUT2D eigenvalue weighted by Gasteiger charge is -2.31. The fraction of sp³-hybridized carbons (Fsp3) is 0.917. The molecule has 1 atom stereocenters. The molecule has 0 rings (SSSR count). The molecule has 0 bridgehead atoms. The van der Waals surface area contributed by atoms with E-state index in [4.69, 9.17) is 10.5 Å². The van der Waals surface area contributed by atoms with Gasteiger partial charge in [0.1, 0.15) is 10.3 Å². The summed E-state index contributed by atoms with van der Waals surface area (Å²) in [7, 11) is 0. The molecule has 16 heavy (non-hydrogen) atoms. The predicted octanol–water partition coefficient (Wildman–Crippen LogP) is 2.54. The molecule has 0 aliphatic heterocycles. The normalized spacial score (nSPS) is 15.6. The van der Waals surface area contributed by atoms with Crippen LogP contribution in [0.25, 0.3) is 0 Å². The molecule has 0 saturated heterocycles. The Morgan fingerprint density at radius 1 is 1.31 bits per heavy atom. The Labute approximate surface area is 105 Å². The van der Waals surface area contributed by atoms with Crippen LogP contribution in [0.3, 0.4) is 0 Å². The average molecular weight is 247 g/mol. The van der Waals surface area contributed by atoms with Gasteiger partial charge in [-0.25, -0.2) is 0 Å². The summed E-state index contributed by atoms with van der Waals surface area (Å²) >= 11 is 4.38. The van der Waals surface area contributed by atoms with E-state index in [1.54, 1.807) is 6.92 Å². The lowest BCUT2D eigenvalue weighted by atomic mass is 9.99. The Morgan fingerprint density at radius 3 is 2.19 bits per heavy atom. The van der Waals surface area contributed by atoms with Gasteiger partial charge in [-0.2, -0.15) is 12.6 Å². The van der Waals surface area contributed by atoms with Crippen LogP contribution in [-0.2, 0) is 9.53 Å². The van der Waals surface area contributed by atoms with Crippen LogP contribution in [0, 0.1) is 0 Å². The Morgan fingerprint density at radius 2 is 1.81 bits per heavy atom. The van der Waals surface area contributed by atoms with E-state index in [0.717, 1.165) is 19.3 Å². The van der Waals surface area contributed by atoms with Crippen LogP contribution in [0.5, 0.6) is 0 Å². The third-order valence-corrected chi connectivity index (χ3v) is 3.55. The number of carbonyl (C=O) groups excluding carboxylic acids is 1. The SMILES string of the molecule is CCC(C)(CC)OC(=O)[C@](C)(S)CCCN. The summed E-state index contributed by atoms with van der Waals surface area (Å²) in [5, 5.41) is 0. The van der Waals surface area contributed by atoms with Crippen LogP contribution < -0.4 is 5.73 Å². The molecule has 0 heterocycles. The molecule has 0 aliphatic carbocycles. The fourth-order valence-electron chi connectivity index (χ4n) is 1.28. The summed E-state index contributed by atoms with van der Waals surface area (Å²) in [5.41, 5.74) is 5.06. The second kappa shape index (κ2) is 6.50. The highest BCUT2D eigenvalue weighted by Crippen LogP contribution is 2.27. The van der Waals surface area contributed by atoms with Crippen molar-refractivity contribution < 1.29 is 9.53 Å². The Balaban J connectivity index is 4.43. The summed E-state index contributed by atoms with van der Waals surface area (Å²) < 4.78 is 4.81. The van der Waals surface area contributed by atoms with Crippen molar-refractivity contribution in [3.63, 3.8) is 0 Å². The van der Waals surface area contributed by atoms with Crippen molar-refractivity contribution in [1.82, 2.24) is 0 Å². The van der Waals surface area contributed by atoms with Crippen molar-refractivity contribution in [3.05, 3.63) is 0 Å². The molecule has 0 radical (unpaired) electrons. The van der Waals surface area contributed by atoms with E-state index in [9.17, 15) is 4.79 Å². The standard InChI is InChI=1S/C12H25NO2S/c1-5-11(3,6-2)15-10(14)12(4,16)8-7-9-13/h16H,5-9,13H2,1-4H3/t12-/m1/s1. The van der Waals surface area contributed by atoms with Crippen LogP contribution >= 0.6 is 12.6 Å². The zero-order chi connectivity index (χ0) is 12.8. The molecule has 0 amide bonds. The van der Waals surface area contributed by atoms with Crippen molar-refractivity contribution >= 4 is 18.6 Å². The van der Waals surface area contributed by atoms with Crippen LogP contribution in [0.2, 0.25) is 0 Å². The maximum absolute atomic E-state index is 12.0. The number of hydrogen-bond donors (Lipinski definition) is 2. The first-order valence-corrected chi connectivity index (χ1v) is 6.42. The molecular weight excluding hydrogens is 222 g/mol. The Bertz CT molecular complexity index is 225. The Hall–Kier alpha value is -0.220. The molecule has 2 N–H and O–H groups in total. The highest BCUT2D eigenvalue weighted by molar-refractivity contribution is 7.82. The summed E-state index contributed by atoms with van der Waals surface area (Å²) in [5.74, 6) is -0.240. The van der Waals surface area contributed by atoms with Gasteiger partial charge >= 0.3 is 5.97 Å². The average Bonchev–Trinajstić information content (AvgIpc) is 2.26. The van der Waals surface area contributed by atoms with Crippen molar-refractivity contribution in [2.45, 2.75) is 63.7 Å². The highest BCUT2D eigenvalue weighted by atomic mass is 32.1. The summed E-state index contributed by atoms with van der Waals surface area (Å²) in [6, 6.07) is 0. The molecule has 3 nitrogen and oxygen atoms in total. The summed E-state index contributed by atoms with van der Waals surface area (Å²) in [6.45, 7) is 8.36. The lowest BCUT2D eigenvalue weighted by molar-refractivity contribution is -0.161. The zero-order valence-corrected chi connectivity index (χ0v) is 11.8. The first-order valence-electron chi connectivity index (χ1n) is 5.97. The molecule has 0 unspecified atom stereocenters. The number of ether oxygens (including phenoxy) is 1. The molecule has 4 heteroatoms. The van der Waals surface area contributed by atoms with E-state index >= 15 is 0 Å². The lowest BCUT2D eigenvalue weighted by Crippen LogP contribution is -2.39. The van der Waals surface area contributed by atoms with E-state index in [2.05, 4.69) is 12.6 Å². The van der Waals surface area contributed by atoms with Gasteiger partial charge in [0.25, 0.3) is 0 Å². The molecule has 0 fully saturated rings. The van der Waals surface area contributed by atoms with Crippen LogP contribution in [0.15, 0.2) is 0 Å². The van der Waals surface area contributed by atoms with Gasteiger partial charge in [-0.3, -0.25) is 4.79 Å². The van der Waals surface area contributed by atoms with Crippen LogP contribution in [-0.4, -0.2) is 22.9 Å². The summed E-state index contributed by atoms with van der Waals surface area (Å²) in [6.07, 6.45) is 3.06. The molecule has 0 aromatic rings. The van der Waals surface area contributed by atoms with E-state index in [-0.39, 0.29) is 11.6 Å². The molecule has 0 spiro atoms. The quantitative estimate of drug-likeness (QED) is 0.537. The number of rotatable bonds is 7. The number of thiol groups is 1. The van der Waals surface area contributed by atoms with Gasteiger partial charge in [-0.1, -0.05) is 13.8 Å². The minimum absolute atomic E-state index is 0.240. The fourth-order valence-corrected chi connectivity index (χ4v) is 1.48. The van der Waals surface area contributed by atoms with Gasteiger partial charge in [-0.05, 0) is 46.1 Å². The first kappa shape index (κ1) is 15.8. The van der Waals surface area contributed by atoms with Gasteiger partial charge in [0.05, 0.1) is 0 Å². The van der Waals surface area contributed by atoms with Crippen LogP contribution in [0.1, 0.15) is 53.4 Å². The number of nitrogens with two attached hydrogens (primary N) is 1. The molecule has 96 valence electrons. The highest BCUT2D eigenvalue weighted by Gasteiger charge is 2.35. The molecule has 0 saturated carbocycles. The van der Waals surface area contributed by atoms with Gasteiger partial charge in [-0.15, -0.1) is 0 Å². The minimum Gasteiger partial charge on any atom is -0.458 e. The monoisotopic (exact) mass is 247 g/mol. The third kappa shape index (κ3) is 4.74. The van der Waals surface area contributed by atoms with Crippen LogP contribution in [0.4, 0.5) is 0 Å². The van der Waals surface area contributed by atoms with Crippen molar-refractivity contribution in [2.75, 3.05) is 6.54 Å². The summed E-state index contributed by atoms with van der Waals surface area (Å²) in [4.78, 5) is 12.0. The van der Waals surface area contributed by atoms with E-state index in [0.29, 0.717) is 13.0 Å². The topological polar surface area (TPSA) is 52.3 Å². The molecule has 0 aliphatic rings. The first-order chi connectivity index (χ1) is 7.31. The van der Waals surface area contributed by atoms with E-state index in [1.807, 2.05) is 20.8 Å². The van der Waals surface area contributed by atoms with Gasteiger partial charge in [0.15, 0.2) is 0 Å². The van der Waals surface area contributed by atoms with Gasteiger partial charge in [0, 0.05) is 0 Å². The maximum Gasteiger partial charge on any atom is 0.322 e. The van der Waals surface area contributed by atoms with Crippen molar-refractivity contribution in [1.29, 1.82) is 0 Å².